The molecular weight excluding hydrogens is 749 g/mol. The first-order chi connectivity index (χ1) is 27.4. The van der Waals surface area contributed by atoms with Gasteiger partial charge in [0.05, 0.1) is 53.8 Å². The van der Waals surface area contributed by atoms with Crippen LogP contribution in [0.2, 0.25) is 0 Å². The summed E-state index contributed by atoms with van der Waals surface area (Å²) in [5.41, 5.74) is 11.4. The minimum atomic E-state index is -2.60. The molecule has 0 unspecified atom stereocenters. The number of amides is 1. The van der Waals surface area contributed by atoms with Gasteiger partial charge in [-0.1, -0.05) is 19.9 Å². The molecule has 0 aliphatic heterocycles. The van der Waals surface area contributed by atoms with Crippen LogP contribution in [0, 0.1) is 25.5 Å². The minimum absolute atomic E-state index is 0.168. The van der Waals surface area contributed by atoms with Crippen molar-refractivity contribution >= 4 is 22.5 Å². The van der Waals surface area contributed by atoms with E-state index in [1.54, 1.807) is 50.5 Å². The fourth-order valence-corrected chi connectivity index (χ4v) is 6.45. The summed E-state index contributed by atoms with van der Waals surface area (Å²) >= 11 is 0. The molecule has 294 valence electrons. The molecular formula is C41H37F6N9O. The van der Waals surface area contributed by atoms with Gasteiger partial charge in [0.15, 0.2) is 0 Å². The number of pyridine rings is 1. The van der Waals surface area contributed by atoms with E-state index >= 15 is 0 Å². The normalized spacial score (nSPS) is 11.2. The zero-order chi connectivity index (χ0) is 41.0. The van der Waals surface area contributed by atoms with Crippen molar-refractivity contribution < 1.29 is 31.1 Å². The van der Waals surface area contributed by atoms with Crippen molar-refractivity contribution in [3.63, 3.8) is 0 Å². The number of aromatic nitrogens is 8. The SMILES string of the molecule is CC.Cc1nc(-c2ccc(F)cc2)c(-c2ccc3[nH]ncc3c2)n1CC(F)F.Cc1nc(-c2ccc(F)cc2)c(-c2ccc3ncc(C(N)=O)n3c2)n1CC(F)F. The predicted octanol–water partition coefficient (Wildman–Crippen LogP) is 9.51. The maximum Gasteiger partial charge on any atom is 0.267 e. The maximum atomic E-state index is 13.4. The van der Waals surface area contributed by atoms with Gasteiger partial charge in [-0.3, -0.25) is 14.3 Å². The van der Waals surface area contributed by atoms with Gasteiger partial charge < -0.3 is 14.9 Å². The third-order valence-corrected chi connectivity index (χ3v) is 8.94. The quantitative estimate of drug-likeness (QED) is 0.141. The number of carbonyl (C=O) groups excluding carboxylic acids is 1. The van der Waals surface area contributed by atoms with Gasteiger partial charge in [-0.25, -0.2) is 41.3 Å². The van der Waals surface area contributed by atoms with Gasteiger partial charge in [0.1, 0.15) is 34.6 Å². The molecule has 0 aliphatic carbocycles. The lowest BCUT2D eigenvalue weighted by Gasteiger charge is -2.12. The van der Waals surface area contributed by atoms with E-state index in [1.807, 2.05) is 32.0 Å². The fourth-order valence-electron chi connectivity index (χ4n) is 6.45. The second-order valence-corrected chi connectivity index (χ2v) is 12.6. The number of benzene rings is 3. The Morgan fingerprint density at radius 1 is 0.702 bits per heavy atom. The highest BCUT2D eigenvalue weighted by molar-refractivity contribution is 5.92. The molecule has 0 saturated carbocycles. The van der Waals surface area contributed by atoms with Crippen LogP contribution in [0.5, 0.6) is 0 Å². The van der Waals surface area contributed by atoms with E-state index in [-0.39, 0.29) is 11.5 Å². The van der Waals surface area contributed by atoms with Crippen LogP contribution in [0.15, 0.2) is 97.5 Å². The van der Waals surface area contributed by atoms with Crippen molar-refractivity contribution in [2.24, 2.45) is 5.73 Å². The van der Waals surface area contributed by atoms with Crippen LogP contribution < -0.4 is 5.73 Å². The lowest BCUT2D eigenvalue weighted by molar-refractivity contribution is 0.0994. The number of H-pyrrole nitrogens is 1. The van der Waals surface area contributed by atoms with Crippen LogP contribution in [0.3, 0.4) is 0 Å². The first-order valence-electron chi connectivity index (χ1n) is 17.8. The number of hydrogen-bond acceptors (Lipinski definition) is 5. The van der Waals surface area contributed by atoms with Gasteiger partial charge in [-0.15, -0.1) is 0 Å². The molecule has 0 fully saturated rings. The second-order valence-electron chi connectivity index (χ2n) is 12.6. The molecule has 5 aromatic heterocycles. The number of nitrogens with one attached hydrogen (secondary N) is 1. The number of aromatic amines is 1. The molecule has 3 aromatic carbocycles. The largest absolute Gasteiger partial charge is 0.364 e. The molecule has 0 bridgehead atoms. The Bertz CT molecular complexity index is 2640. The van der Waals surface area contributed by atoms with E-state index < -0.39 is 37.7 Å². The number of fused-ring (bicyclic) bond motifs is 2. The number of nitrogens with zero attached hydrogens (tertiary/aromatic N) is 7. The number of aryl methyl sites for hydroxylation is 2. The molecule has 8 rings (SSSR count). The highest BCUT2D eigenvalue weighted by Gasteiger charge is 2.23. The molecule has 0 spiro atoms. The summed E-state index contributed by atoms with van der Waals surface area (Å²) in [5.74, 6) is -0.568. The molecule has 16 heteroatoms. The van der Waals surface area contributed by atoms with Gasteiger partial charge in [-0.2, -0.15) is 5.10 Å². The summed E-state index contributed by atoms with van der Waals surface area (Å²) in [5, 5.41) is 7.73. The monoisotopic (exact) mass is 785 g/mol. The zero-order valence-electron chi connectivity index (χ0n) is 31.2. The summed E-state index contributed by atoms with van der Waals surface area (Å²) in [6.07, 6.45) is -0.476. The Kier molecular flexibility index (Phi) is 11.9. The third-order valence-electron chi connectivity index (χ3n) is 8.94. The Balaban J connectivity index is 0.000000186. The third kappa shape index (κ3) is 8.44. The molecule has 10 nitrogen and oxygen atoms in total. The van der Waals surface area contributed by atoms with E-state index in [2.05, 4.69) is 25.1 Å². The second kappa shape index (κ2) is 17.0. The summed E-state index contributed by atoms with van der Waals surface area (Å²) in [6, 6.07) is 20.4. The van der Waals surface area contributed by atoms with Crippen molar-refractivity contribution in [1.82, 2.24) is 38.7 Å². The van der Waals surface area contributed by atoms with E-state index in [0.29, 0.717) is 56.8 Å². The molecule has 1 amide bonds. The van der Waals surface area contributed by atoms with Crippen LogP contribution in [0.4, 0.5) is 26.3 Å². The van der Waals surface area contributed by atoms with Gasteiger partial charge in [-0.05, 0) is 86.6 Å². The topological polar surface area (TPSA) is 125 Å². The van der Waals surface area contributed by atoms with Crippen LogP contribution in [0.25, 0.3) is 61.6 Å². The van der Waals surface area contributed by atoms with Crippen LogP contribution in [-0.2, 0) is 13.1 Å². The summed E-state index contributed by atoms with van der Waals surface area (Å²) in [7, 11) is 0. The van der Waals surface area contributed by atoms with Crippen molar-refractivity contribution in [2.45, 2.75) is 53.6 Å². The number of halogens is 6. The summed E-state index contributed by atoms with van der Waals surface area (Å²) in [6.45, 7) is 6.30. The first-order valence-corrected chi connectivity index (χ1v) is 17.8. The molecule has 0 radical (unpaired) electrons. The fraction of sp³-hybridized carbons (Fsp3) is 0.195. The van der Waals surface area contributed by atoms with Gasteiger partial charge in [0.2, 0.25) is 0 Å². The maximum absolute atomic E-state index is 13.4. The summed E-state index contributed by atoms with van der Waals surface area (Å²) in [4.78, 5) is 24.7. The Hall–Kier alpha value is -6.71. The van der Waals surface area contributed by atoms with Crippen molar-refractivity contribution in [1.29, 1.82) is 0 Å². The van der Waals surface area contributed by atoms with Crippen LogP contribution >= 0.6 is 0 Å². The Morgan fingerprint density at radius 2 is 1.19 bits per heavy atom. The standard InChI is InChI=1S/C20H16F3N5O.C19H15F3N4.C2H6/c1-11-26-18(12-2-5-14(21)6-3-12)19(27(11)10-16(22)23)13-4-7-17-25-8-15(20(24)29)28(17)9-13;1-11-24-18(12-2-5-15(20)6-3-12)19(26(11)10-17(21)22)13-4-7-16-14(8-13)9-23-25-16;1-2/h2-9,16H,10H2,1H3,(H2,24,29);2-9,17H,10H2,1H3,(H,23,25);1-2H3. The molecule has 3 N–H and O–H groups in total. The van der Waals surface area contributed by atoms with Crippen LogP contribution in [-0.4, -0.2) is 57.4 Å². The van der Waals surface area contributed by atoms with Crippen molar-refractivity contribution in [2.75, 3.05) is 0 Å². The highest BCUT2D eigenvalue weighted by Crippen LogP contribution is 2.36. The molecule has 8 aromatic rings. The zero-order valence-corrected chi connectivity index (χ0v) is 31.2. The van der Waals surface area contributed by atoms with E-state index in [0.717, 1.165) is 16.5 Å². The first kappa shape index (κ1) is 40.0. The number of nitrogens with two attached hydrogens (primary N) is 1. The lowest BCUT2D eigenvalue weighted by Crippen LogP contribution is -2.14. The van der Waals surface area contributed by atoms with Gasteiger partial charge >= 0.3 is 0 Å². The number of hydrogen-bond donors (Lipinski definition) is 2. The Labute approximate surface area is 322 Å². The lowest BCUT2D eigenvalue weighted by atomic mass is 10.0. The van der Waals surface area contributed by atoms with E-state index in [1.165, 1.54) is 56.1 Å². The average molecular weight is 786 g/mol. The van der Waals surface area contributed by atoms with E-state index in [9.17, 15) is 31.1 Å². The van der Waals surface area contributed by atoms with Crippen LogP contribution in [0.1, 0.15) is 36.0 Å². The van der Waals surface area contributed by atoms with Crippen molar-refractivity contribution in [3.8, 4) is 45.0 Å². The van der Waals surface area contributed by atoms with E-state index in [4.69, 9.17) is 5.73 Å². The predicted molar refractivity (Wildman–Crippen MR) is 206 cm³/mol. The molecule has 57 heavy (non-hydrogen) atoms. The minimum Gasteiger partial charge on any atom is -0.364 e. The summed E-state index contributed by atoms with van der Waals surface area (Å²) < 4.78 is 83.9. The number of primary amides is 1. The molecule has 0 saturated heterocycles. The highest BCUT2D eigenvalue weighted by atomic mass is 19.3. The number of alkyl halides is 4. The Morgan fingerprint density at radius 3 is 1.70 bits per heavy atom. The molecule has 0 aliphatic rings. The number of carbonyl (C=O) groups is 1. The van der Waals surface area contributed by atoms with Gasteiger partial charge in [0, 0.05) is 33.8 Å². The smallest absolute Gasteiger partial charge is 0.267 e. The van der Waals surface area contributed by atoms with Gasteiger partial charge in [0.25, 0.3) is 18.8 Å². The molecule has 0 atom stereocenters. The molecule has 5 heterocycles. The number of imidazole rings is 3. The average Bonchev–Trinajstić information content (AvgIpc) is 3.98. The van der Waals surface area contributed by atoms with Crippen molar-refractivity contribution in [3.05, 3.63) is 126 Å². The number of rotatable bonds is 9.